The monoisotopic (exact) mass is 212 g/mol. The van der Waals surface area contributed by atoms with Crippen molar-refractivity contribution < 1.29 is 0 Å². The van der Waals surface area contributed by atoms with Crippen LogP contribution in [0.5, 0.6) is 0 Å². The molecule has 4 nitrogen and oxygen atoms in total. The van der Waals surface area contributed by atoms with Crippen LogP contribution in [0.3, 0.4) is 0 Å². The average molecular weight is 212 g/mol. The number of hydrogen-bond donors (Lipinski definition) is 0. The predicted molar refractivity (Wildman–Crippen MR) is 58.0 cm³/mol. The van der Waals surface area contributed by atoms with E-state index in [1.165, 1.54) is 23.5 Å². The Hall–Kier alpha value is -0.980. The first-order valence-electron chi connectivity index (χ1n) is 3.25. The van der Waals surface area contributed by atoms with Crippen LogP contribution in [0.2, 0.25) is 0 Å². The summed E-state index contributed by atoms with van der Waals surface area (Å²) in [4.78, 5) is 7.73. The van der Waals surface area contributed by atoms with Crippen LogP contribution in [-0.2, 0) is 0 Å². The number of nitrogens with zero attached hydrogens (tertiary/aromatic N) is 4. The van der Waals surface area contributed by atoms with E-state index in [9.17, 15) is 0 Å². The highest BCUT2D eigenvalue weighted by molar-refractivity contribution is 8.14. The number of rotatable bonds is 2. The third kappa shape index (κ3) is 5.29. The third-order valence-electron chi connectivity index (χ3n) is 1.01. The maximum absolute atomic E-state index is 8.49. The summed E-state index contributed by atoms with van der Waals surface area (Å²) >= 11 is 2.53. The lowest BCUT2D eigenvalue weighted by molar-refractivity contribution is 1.08. The van der Waals surface area contributed by atoms with Gasteiger partial charge in [-0.15, -0.1) is 0 Å². The van der Waals surface area contributed by atoms with E-state index in [1.54, 1.807) is 12.5 Å². The molecule has 0 aromatic heterocycles. The molecule has 0 bridgehead atoms. The van der Waals surface area contributed by atoms with Gasteiger partial charge in [0.15, 0.2) is 10.1 Å². The fraction of sp³-hybridized carbons (Fsp3) is 0.429. The lowest BCUT2D eigenvalue weighted by atomic mass is 10.8. The molecule has 13 heavy (non-hydrogen) atoms. The van der Waals surface area contributed by atoms with Crippen molar-refractivity contribution in [3.63, 3.8) is 0 Å². The third-order valence-corrected chi connectivity index (χ3v) is 2.22. The second-order valence-electron chi connectivity index (χ2n) is 1.70. The molecule has 68 valence electrons. The average Bonchev–Trinajstić information content (AvgIpc) is 2.19. The van der Waals surface area contributed by atoms with E-state index < -0.39 is 0 Å². The summed E-state index contributed by atoms with van der Waals surface area (Å²) in [5, 5.41) is 17.7. The summed E-state index contributed by atoms with van der Waals surface area (Å²) < 4.78 is 0. The van der Waals surface area contributed by atoms with Gasteiger partial charge < -0.3 is 0 Å². The van der Waals surface area contributed by atoms with Gasteiger partial charge in [-0.2, -0.15) is 10.5 Å². The molecular formula is C7H8N4S2. The molecule has 0 atom stereocenters. The Morgan fingerprint density at radius 3 is 1.69 bits per heavy atom. The van der Waals surface area contributed by atoms with Crippen LogP contribution in [0.15, 0.2) is 9.98 Å². The summed E-state index contributed by atoms with van der Waals surface area (Å²) in [6.07, 6.45) is 3.54. The highest BCUT2D eigenvalue weighted by Crippen LogP contribution is 1.99. The van der Waals surface area contributed by atoms with Gasteiger partial charge >= 0.3 is 0 Å². The molecule has 0 aromatic carbocycles. The molecule has 0 radical (unpaired) electrons. The highest BCUT2D eigenvalue weighted by atomic mass is 32.2. The largest absolute Gasteiger partial charge is 0.244 e. The van der Waals surface area contributed by atoms with E-state index >= 15 is 0 Å². The van der Waals surface area contributed by atoms with Crippen molar-refractivity contribution in [2.45, 2.75) is 0 Å². The van der Waals surface area contributed by atoms with Gasteiger partial charge in [-0.25, -0.2) is 9.98 Å². The molecule has 0 aliphatic heterocycles. The minimum Gasteiger partial charge on any atom is -0.244 e. The Labute approximate surface area is 85.8 Å². The van der Waals surface area contributed by atoms with Gasteiger partial charge in [-0.3, -0.25) is 0 Å². The van der Waals surface area contributed by atoms with Gasteiger partial charge in [-0.1, -0.05) is 23.5 Å². The van der Waals surface area contributed by atoms with Gasteiger partial charge in [0.05, 0.1) is 0 Å². The maximum atomic E-state index is 8.49. The summed E-state index contributed by atoms with van der Waals surface area (Å²) in [6.45, 7) is 0.146. The fourth-order valence-corrected chi connectivity index (χ4v) is 1.01. The standard InChI is InChI=1S/C7H8N4S2/c1-12-6(3-8)10-5-11-7(4-9)13-2/h5H2,1-2H3/b10-6+,11-7+. The van der Waals surface area contributed by atoms with Crippen LogP contribution in [0.1, 0.15) is 0 Å². The normalized spacial score (nSPS) is 12.0. The van der Waals surface area contributed by atoms with Gasteiger partial charge in [0.25, 0.3) is 0 Å². The van der Waals surface area contributed by atoms with Gasteiger partial charge in [0.2, 0.25) is 0 Å². The van der Waals surface area contributed by atoms with Crippen LogP contribution < -0.4 is 0 Å². The smallest absolute Gasteiger partial charge is 0.170 e. The van der Waals surface area contributed by atoms with Crippen LogP contribution in [0, 0.1) is 22.7 Å². The molecule has 0 aromatic rings. The Morgan fingerprint density at radius 2 is 1.46 bits per heavy atom. The fourth-order valence-electron chi connectivity index (χ4n) is 0.455. The molecule has 6 heteroatoms. The molecule has 0 aliphatic carbocycles. The lowest BCUT2D eigenvalue weighted by Crippen LogP contribution is -1.91. The van der Waals surface area contributed by atoms with E-state index in [0.29, 0.717) is 10.1 Å². The molecule has 0 saturated heterocycles. The van der Waals surface area contributed by atoms with Gasteiger partial charge in [0, 0.05) is 0 Å². The van der Waals surface area contributed by atoms with E-state index in [4.69, 9.17) is 10.5 Å². The molecule has 0 N–H and O–H groups in total. The summed E-state index contributed by atoms with van der Waals surface area (Å²) in [7, 11) is 0. The topological polar surface area (TPSA) is 72.3 Å². The molecule has 0 aliphatic rings. The number of thioether (sulfide) groups is 2. The zero-order chi connectivity index (χ0) is 10.1. The first-order valence-corrected chi connectivity index (χ1v) is 5.70. The lowest BCUT2D eigenvalue weighted by Gasteiger charge is -1.90. The second-order valence-corrected chi connectivity index (χ2v) is 3.29. The van der Waals surface area contributed by atoms with E-state index in [1.807, 2.05) is 12.1 Å². The SMILES string of the molecule is CS/C(C#N)=N/C/N=C(\C#N)SC. The molecule has 0 fully saturated rings. The molecule has 0 rings (SSSR count). The molecule has 0 saturated carbocycles. The number of nitriles is 2. The molecule has 0 heterocycles. The Morgan fingerprint density at radius 1 is 1.08 bits per heavy atom. The minimum absolute atomic E-state index is 0.146. The number of hydrogen-bond acceptors (Lipinski definition) is 6. The molecule has 0 amide bonds. The zero-order valence-electron chi connectivity index (χ0n) is 7.31. The summed E-state index contributed by atoms with van der Waals surface area (Å²) in [5.41, 5.74) is 0. The van der Waals surface area contributed by atoms with E-state index in [0.717, 1.165) is 0 Å². The zero-order valence-corrected chi connectivity index (χ0v) is 8.95. The summed E-state index contributed by atoms with van der Waals surface area (Å²) in [6, 6.07) is 3.83. The van der Waals surface area contributed by atoms with Crippen LogP contribution in [-0.4, -0.2) is 29.3 Å². The quantitative estimate of drug-likeness (QED) is 0.514. The molecule has 0 unspecified atom stereocenters. The summed E-state index contributed by atoms with van der Waals surface area (Å²) in [5.74, 6) is 0. The van der Waals surface area contributed by atoms with E-state index in [2.05, 4.69) is 9.98 Å². The maximum Gasteiger partial charge on any atom is 0.170 e. The molecule has 0 spiro atoms. The van der Waals surface area contributed by atoms with Crippen molar-refractivity contribution >= 4 is 33.6 Å². The van der Waals surface area contributed by atoms with Gasteiger partial charge in [-0.05, 0) is 12.5 Å². The first-order chi connectivity index (χ1) is 6.28. The first kappa shape index (κ1) is 12.0. The van der Waals surface area contributed by atoms with Crippen LogP contribution in [0.4, 0.5) is 0 Å². The second kappa shape index (κ2) is 7.66. The molecular weight excluding hydrogens is 204 g/mol. The Bertz CT molecular complexity index is 265. The number of aliphatic imine (C=N–C) groups is 2. The predicted octanol–water partition coefficient (Wildman–Crippen LogP) is 1.51. The van der Waals surface area contributed by atoms with Crippen LogP contribution >= 0.6 is 23.5 Å². The van der Waals surface area contributed by atoms with Crippen molar-refractivity contribution in [1.29, 1.82) is 10.5 Å². The van der Waals surface area contributed by atoms with Crippen molar-refractivity contribution in [3.8, 4) is 12.1 Å². The van der Waals surface area contributed by atoms with E-state index in [-0.39, 0.29) is 6.67 Å². The van der Waals surface area contributed by atoms with Crippen molar-refractivity contribution in [1.82, 2.24) is 0 Å². The Kier molecular flexibility index (Phi) is 7.08. The van der Waals surface area contributed by atoms with Crippen LogP contribution in [0.25, 0.3) is 0 Å². The highest BCUT2D eigenvalue weighted by Gasteiger charge is 1.93. The van der Waals surface area contributed by atoms with Crippen molar-refractivity contribution in [2.75, 3.05) is 19.2 Å². The van der Waals surface area contributed by atoms with Crippen molar-refractivity contribution in [3.05, 3.63) is 0 Å². The minimum atomic E-state index is 0.146. The Balaban J connectivity index is 4.19. The van der Waals surface area contributed by atoms with Crippen molar-refractivity contribution in [2.24, 2.45) is 9.98 Å². The van der Waals surface area contributed by atoms with Gasteiger partial charge in [0.1, 0.15) is 18.8 Å².